The van der Waals surface area contributed by atoms with Gasteiger partial charge in [0.1, 0.15) is 11.5 Å². The van der Waals surface area contributed by atoms with Crippen molar-refractivity contribution in [1.29, 1.82) is 0 Å². The molecule has 0 atom stereocenters. The van der Waals surface area contributed by atoms with E-state index in [4.69, 9.17) is 36.8 Å². The van der Waals surface area contributed by atoms with E-state index in [1.807, 2.05) is 72.8 Å². The average Bonchev–Trinajstić information content (AvgIpc) is 3.62. The molecule has 0 unspecified atom stereocenters. The van der Waals surface area contributed by atoms with E-state index >= 15 is 0 Å². The number of benzene rings is 4. The second-order valence-corrected chi connectivity index (χ2v) is 8.86. The van der Waals surface area contributed by atoms with E-state index in [2.05, 4.69) is 20.4 Å². The molecule has 6 aromatic rings. The van der Waals surface area contributed by atoms with Crippen LogP contribution in [0.1, 0.15) is 0 Å². The van der Waals surface area contributed by atoms with Crippen molar-refractivity contribution in [1.82, 2.24) is 20.4 Å². The molecule has 0 spiro atoms. The molecule has 0 saturated heterocycles. The number of rotatable bonds is 6. The van der Waals surface area contributed by atoms with Crippen molar-refractivity contribution in [3.63, 3.8) is 0 Å². The van der Waals surface area contributed by atoms with Crippen molar-refractivity contribution in [3.8, 4) is 57.3 Å². The Morgan fingerprint density at radius 3 is 0.973 bits per heavy atom. The maximum absolute atomic E-state index is 5.97. The predicted molar refractivity (Wildman–Crippen MR) is 140 cm³/mol. The maximum Gasteiger partial charge on any atom is 0.248 e. The molecule has 180 valence electrons. The average molecular weight is 527 g/mol. The Labute approximate surface area is 221 Å². The molecule has 0 saturated carbocycles. The molecule has 0 N–H and O–H groups in total. The van der Waals surface area contributed by atoms with Gasteiger partial charge in [0.25, 0.3) is 0 Å². The molecule has 0 aliphatic rings. The first-order valence-electron chi connectivity index (χ1n) is 11.2. The van der Waals surface area contributed by atoms with Crippen molar-refractivity contribution < 1.29 is 13.6 Å². The van der Waals surface area contributed by atoms with Crippen LogP contribution in [-0.2, 0) is 0 Å². The van der Waals surface area contributed by atoms with Crippen LogP contribution < -0.4 is 4.74 Å². The topological polar surface area (TPSA) is 87.1 Å². The molecule has 0 amide bonds. The predicted octanol–water partition coefficient (Wildman–Crippen LogP) is 8.22. The molecule has 9 heteroatoms. The van der Waals surface area contributed by atoms with Crippen LogP contribution in [0.25, 0.3) is 45.8 Å². The summed E-state index contributed by atoms with van der Waals surface area (Å²) in [6.45, 7) is 0. The Morgan fingerprint density at radius 1 is 0.405 bits per heavy atom. The van der Waals surface area contributed by atoms with Gasteiger partial charge in [-0.05, 0) is 97.1 Å². The first-order chi connectivity index (χ1) is 18.1. The van der Waals surface area contributed by atoms with E-state index in [1.54, 1.807) is 24.3 Å². The Hall–Kier alpha value is -4.46. The summed E-state index contributed by atoms with van der Waals surface area (Å²) >= 11 is 11.9. The standard InChI is InChI=1S/C28H16Cl2N4O3/c29-21-9-1-17(2-10-21)25-31-33-27(36-25)19-5-13-23(14-6-19)35-24-15-7-20(8-16-24)28-34-32-26(37-28)18-3-11-22(30)12-4-18/h1-16H. The van der Waals surface area contributed by atoms with Gasteiger partial charge in [-0.25, -0.2) is 0 Å². The van der Waals surface area contributed by atoms with Crippen molar-refractivity contribution in [2.45, 2.75) is 0 Å². The van der Waals surface area contributed by atoms with Crippen LogP contribution in [0.15, 0.2) is 106 Å². The van der Waals surface area contributed by atoms with Crippen LogP contribution in [0.5, 0.6) is 11.5 Å². The highest BCUT2D eigenvalue weighted by molar-refractivity contribution is 6.30. The lowest BCUT2D eigenvalue weighted by Crippen LogP contribution is -1.85. The van der Waals surface area contributed by atoms with Gasteiger partial charge >= 0.3 is 0 Å². The summed E-state index contributed by atoms with van der Waals surface area (Å²) in [5.41, 5.74) is 3.16. The van der Waals surface area contributed by atoms with Crippen LogP contribution >= 0.6 is 23.2 Å². The number of halogens is 2. The lowest BCUT2D eigenvalue weighted by atomic mass is 10.2. The Bertz CT molecular complexity index is 1520. The minimum atomic E-state index is 0.415. The second-order valence-electron chi connectivity index (χ2n) is 7.99. The summed E-state index contributed by atoms with van der Waals surface area (Å²) < 4.78 is 17.6. The lowest BCUT2D eigenvalue weighted by molar-refractivity contribution is 0.482. The smallest absolute Gasteiger partial charge is 0.248 e. The number of hydrogen-bond donors (Lipinski definition) is 0. The second kappa shape index (κ2) is 9.89. The van der Waals surface area contributed by atoms with Gasteiger partial charge in [-0.2, -0.15) is 0 Å². The van der Waals surface area contributed by atoms with Gasteiger partial charge < -0.3 is 13.6 Å². The molecule has 4 aromatic carbocycles. The summed E-state index contributed by atoms with van der Waals surface area (Å²) in [4.78, 5) is 0. The monoisotopic (exact) mass is 526 g/mol. The van der Waals surface area contributed by atoms with E-state index < -0.39 is 0 Å². The van der Waals surface area contributed by atoms with Crippen LogP contribution in [-0.4, -0.2) is 20.4 Å². The van der Waals surface area contributed by atoms with Crippen molar-refractivity contribution >= 4 is 23.2 Å². The van der Waals surface area contributed by atoms with Gasteiger partial charge in [0, 0.05) is 32.3 Å². The zero-order valence-corrected chi connectivity index (χ0v) is 20.5. The zero-order chi connectivity index (χ0) is 25.2. The fourth-order valence-electron chi connectivity index (χ4n) is 3.57. The molecule has 37 heavy (non-hydrogen) atoms. The van der Waals surface area contributed by atoms with Crippen molar-refractivity contribution in [3.05, 3.63) is 107 Å². The Morgan fingerprint density at radius 2 is 0.676 bits per heavy atom. The molecule has 0 fully saturated rings. The quantitative estimate of drug-likeness (QED) is 0.216. The SMILES string of the molecule is Clc1ccc(-c2nnc(-c3ccc(Oc4ccc(-c5nnc(-c6ccc(Cl)cc6)o5)cc4)cc3)o2)cc1. The largest absolute Gasteiger partial charge is 0.457 e. The van der Waals surface area contributed by atoms with E-state index in [1.165, 1.54) is 0 Å². The highest BCUT2D eigenvalue weighted by Gasteiger charge is 2.12. The molecule has 0 radical (unpaired) electrons. The fourth-order valence-corrected chi connectivity index (χ4v) is 3.82. The van der Waals surface area contributed by atoms with E-state index in [0.717, 1.165) is 22.3 Å². The molecule has 2 aromatic heterocycles. The van der Waals surface area contributed by atoms with E-state index in [-0.39, 0.29) is 0 Å². The highest BCUT2D eigenvalue weighted by atomic mass is 35.5. The number of nitrogens with zero attached hydrogens (tertiary/aromatic N) is 4. The van der Waals surface area contributed by atoms with Gasteiger partial charge in [0.15, 0.2) is 0 Å². The number of aromatic nitrogens is 4. The van der Waals surface area contributed by atoms with Gasteiger partial charge in [0.2, 0.25) is 23.6 Å². The summed E-state index contributed by atoms with van der Waals surface area (Å²) in [5.74, 6) is 3.01. The molecular weight excluding hydrogens is 511 g/mol. The molecule has 0 bridgehead atoms. The maximum atomic E-state index is 5.97. The third-order valence-corrected chi connectivity index (χ3v) is 5.97. The summed E-state index contributed by atoms with van der Waals surface area (Å²) in [5, 5.41) is 17.8. The minimum Gasteiger partial charge on any atom is -0.457 e. The molecule has 7 nitrogen and oxygen atoms in total. The molecule has 2 heterocycles. The van der Waals surface area contributed by atoms with Gasteiger partial charge in [-0.3, -0.25) is 0 Å². The van der Waals surface area contributed by atoms with Gasteiger partial charge in [0.05, 0.1) is 0 Å². The summed E-state index contributed by atoms with van der Waals surface area (Å²) in [6, 6.07) is 29.2. The van der Waals surface area contributed by atoms with Crippen molar-refractivity contribution in [2.24, 2.45) is 0 Å². The first kappa shape index (κ1) is 23.0. The third-order valence-electron chi connectivity index (χ3n) is 5.47. The van der Waals surface area contributed by atoms with Gasteiger partial charge in [-0.15, -0.1) is 20.4 Å². The van der Waals surface area contributed by atoms with E-state index in [0.29, 0.717) is 45.1 Å². The fraction of sp³-hybridized carbons (Fsp3) is 0. The van der Waals surface area contributed by atoms with Gasteiger partial charge in [-0.1, -0.05) is 23.2 Å². The Kier molecular flexibility index (Phi) is 6.14. The summed E-state index contributed by atoms with van der Waals surface area (Å²) in [6.07, 6.45) is 0. The third kappa shape index (κ3) is 5.09. The van der Waals surface area contributed by atoms with Crippen LogP contribution in [0.4, 0.5) is 0 Å². The molecule has 0 aliphatic heterocycles. The number of hydrogen-bond acceptors (Lipinski definition) is 7. The van der Waals surface area contributed by atoms with Crippen molar-refractivity contribution in [2.75, 3.05) is 0 Å². The lowest BCUT2D eigenvalue weighted by Gasteiger charge is -2.06. The van der Waals surface area contributed by atoms with E-state index in [9.17, 15) is 0 Å². The van der Waals surface area contributed by atoms with Crippen LogP contribution in [0, 0.1) is 0 Å². The normalized spacial score (nSPS) is 11.0. The highest BCUT2D eigenvalue weighted by Crippen LogP contribution is 2.30. The summed E-state index contributed by atoms with van der Waals surface area (Å²) in [7, 11) is 0. The molecular formula is C28H16Cl2N4O3. The minimum absolute atomic E-state index is 0.415. The zero-order valence-electron chi connectivity index (χ0n) is 19.0. The molecule has 0 aliphatic carbocycles. The van der Waals surface area contributed by atoms with Crippen LogP contribution in [0.3, 0.4) is 0 Å². The Balaban J connectivity index is 1.12. The number of ether oxygens (including phenoxy) is 1. The first-order valence-corrected chi connectivity index (χ1v) is 11.9. The van der Waals surface area contributed by atoms with Crippen LogP contribution in [0.2, 0.25) is 10.0 Å². The molecule has 6 rings (SSSR count).